The second-order valence-corrected chi connectivity index (χ2v) is 6.67. The van der Waals surface area contributed by atoms with E-state index in [1.54, 1.807) is 48.4 Å². The number of hydrogen-bond donors (Lipinski definition) is 3. The molecule has 0 saturated heterocycles. The Balaban J connectivity index is 1.72. The van der Waals surface area contributed by atoms with E-state index < -0.39 is 17.9 Å². The SMILES string of the molecule is CC=NC(=O)Nc1cccc(Cn2cnc(C(Cc3ccc(N)nc3)C(=O)O)c2)c1. The first-order valence-corrected chi connectivity index (χ1v) is 9.28. The Labute approximate surface area is 173 Å². The van der Waals surface area contributed by atoms with Crippen LogP contribution in [0.3, 0.4) is 0 Å². The van der Waals surface area contributed by atoms with Gasteiger partial charge in [0.1, 0.15) is 11.7 Å². The van der Waals surface area contributed by atoms with E-state index in [1.165, 1.54) is 6.21 Å². The number of amides is 2. The first-order chi connectivity index (χ1) is 14.4. The highest BCUT2D eigenvalue weighted by Gasteiger charge is 2.23. The number of nitrogen functional groups attached to an aromatic ring is 1. The molecule has 9 nitrogen and oxygen atoms in total. The smallest absolute Gasteiger partial charge is 0.345 e. The van der Waals surface area contributed by atoms with Crippen molar-refractivity contribution >= 4 is 29.7 Å². The maximum Gasteiger partial charge on any atom is 0.345 e. The van der Waals surface area contributed by atoms with Gasteiger partial charge < -0.3 is 20.7 Å². The van der Waals surface area contributed by atoms with Crippen LogP contribution >= 0.6 is 0 Å². The van der Waals surface area contributed by atoms with Crippen LogP contribution in [-0.2, 0) is 17.8 Å². The van der Waals surface area contributed by atoms with Crippen LogP contribution in [0, 0.1) is 0 Å². The maximum atomic E-state index is 11.8. The summed E-state index contributed by atoms with van der Waals surface area (Å²) in [6.45, 7) is 2.14. The number of aromatic nitrogens is 3. The molecule has 0 aliphatic rings. The second kappa shape index (κ2) is 9.46. The zero-order chi connectivity index (χ0) is 21.5. The minimum absolute atomic E-state index is 0.263. The van der Waals surface area contributed by atoms with Crippen molar-refractivity contribution in [2.45, 2.75) is 25.8 Å². The largest absolute Gasteiger partial charge is 0.481 e. The van der Waals surface area contributed by atoms with Crippen LogP contribution in [0.1, 0.15) is 29.7 Å². The van der Waals surface area contributed by atoms with E-state index in [9.17, 15) is 14.7 Å². The summed E-state index contributed by atoms with van der Waals surface area (Å²) < 4.78 is 1.80. The molecule has 3 rings (SSSR count). The monoisotopic (exact) mass is 406 g/mol. The number of nitrogens with two attached hydrogens (primary N) is 1. The molecular weight excluding hydrogens is 384 g/mol. The molecule has 4 N–H and O–H groups in total. The van der Waals surface area contributed by atoms with Crippen LogP contribution in [0.2, 0.25) is 0 Å². The van der Waals surface area contributed by atoms with Gasteiger partial charge in [0.25, 0.3) is 0 Å². The Morgan fingerprint density at radius 1 is 1.27 bits per heavy atom. The number of nitrogens with zero attached hydrogens (tertiary/aromatic N) is 4. The number of pyridine rings is 1. The molecule has 0 radical (unpaired) electrons. The summed E-state index contributed by atoms with van der Waals surface area (Å²) in [6.07, 6.45) is 6.57. The summed E-state index contributed by atoms with van der Waals surface area (Å²) in [7, 11) is 0. The number of nitrogens with one attached hydrogen (secondary N) is 1. The number of aliphatic carboxylic acids is 1. The van der Waals surface area contributed by atoms with Gasteiger partial charge >= 0.3 is 12.0 Å². The minimum atomic E-state index is -0.960. The Hall–Kier alpha value is -4.01. The number of anilines is 2. The van der Waals surface area contributed by atoms with Crippen molar-refractivity contribution in [1.82, 2.24) is 14.5 Å². The summed E-state index contributed by atoms with van der Waals surface area (Å²) in [4.78, 5) is 35.3. The lowest BCUT2D eigenvalue weighted by atomic mass is 9.98. The molecule has 1 aromatic carbocycles. The Morgan fingerprint density at radius 3 is 2.80 bits per heavy atom. The van der Waals surface area contributed by atoms with Gasteiger partial charge in [-0.15, -0.1) is 0 Å². The van der Waals surface area contributed by atoms with Crippen molar-refractivity contribution in [1.29, 1.82) is 0 Å². The van der Waals surface area contributed by atoms with E-state index in [2.05, 4.69) is 20.3 Å². The highest BCUT2D eigenvalue weighted by atomic mass is 16.4. The third-order valence-electron chi connectivity index (χ3n) is 4.39. The van der Waals surface area contributed by atoms with Crippen molar-refractivity contribution in [3.05, 3.63) is 71.9 Å². The average Bonchev–Trinajstić information content (AvgIpc) is 3.15. The zero-order valence-corrected chi connectivity index (χ0v) is 16.4. The molecule has 2 heterocycles. The van der Waals surface area contributed by atoms with Crippen LogP contribution in [0.25, 0.3) is 0 Å². The molecule has 1 unspecified atom stereocenters. The first kappa shape index (κ1) is 20.7. The van der Waals surface area contributed by atoms with E-state index >= 15 is 0 Å². The molecule has 3 aromatic rings. The van der Waals surface area contributed by atoms with Crippen molar-refractivity contribution in [2.75, 3.05) is 11.1 Å². The molecule has 0 bridgehead atoms. The lowest BCUT2D eigenvalue weighted by Crippen LogP contribution is -2.15. The number of rotatable bonds is 7. The third-order valence-corrected chi connectivity index (χ3v) is 4.39. The minimum Gasteiger partial charge on any atom is -0.481 e. The van der Waals surface area contributed by atoms with Gasteiger partial charge in [0.05, 0.1) is 12.0 Å². The molecular formula is C21H22N6O3. The number of benzene rings is 1. The summed E-state index contributed by atoms with van der Waals surface area (Å²) in [5, 5.41) is 12.3. The molecule has 0 fully saturated rings. The second-order valence-electron chi connectivity index (χ2n) is 6.67. The van der Waals surface area contributed by atoms with Crippen molar-refractivity contribution in [2.24, 2.45) is 4.99 Å². The summed E-state index contributed by atoms with van der Waals surface area (Å²) in [5.74, 6) is -1.37. The summed E-state index contributed by atoms with van der Waals surface area (Å²) >= 11 is 0. The zero-order valence-electron chi connectivity index (χ0n) is 16.4. The topological polar surface area (TPSA) is 135 Å². The molecule has 154 valence electrons. The average molecular weight is 406 g/mol. The third kappa shape index (κ3) is 5.51. The van der Waals surface area contributed by atoms with Crippen LogP contribution in [-0.4, -0.2) is 37.9 Å². The standard InChI is InChI=1S/C21H22N6O3/c1-2-23-21(30)26-16-5-3-4-15(8-16)11-27-12-18(25-13-27)17(20(28)29)9-14-6-7-19(22)24-10-14/h2-8,10,12-13,17H,9,11H2,1H3,(H2,22,24)(H,26,30)(H,28,29). The molecule has 9 heteroatoms. The van der Waals surface area contributed by atoms with E-state index in [0.29, 0.717) is 23.7 Å². The van der Waals surface area contributed by atoms with Crippen LogP contribution in [0.4, 0.5) is 16.3 Å². The highest BCUT2D eigenvalue weighted by Crippen LogP contribution is 2.21. The molecule has 0 aliphatic heterocycles. The number of carbonyl (C=O) groups excluding carboxylic acids is 1. The normalized spacial score (nSPS) is 12.0. The van der Waals surface area contributed by atoms with Crippen molar-refractivity contribution in [3.63, 3.8) is 0 Å². The Kier molecular flexibility index (Phi) is 6.53. The fourth-order valence-corrected chi connectivity index (χ4v) is 2.99. The summed E-state index contributed by atoms with van der Waals surface area (Å²) in [6, 6.07) is 10.3. The van der Waals surface area contributed by atoms with Gasteiger partial charge in [0.15, 0.2) is 0 Å². The van der Waals surface area contributed by atoms with Crippen LogP contribution < -0.4 is 11.1 Å². The van der Waals surface area contributed by atoms with Gasteiger partial charge in [-0.25, -0.2) is 19.8 Å². The maximum absolute atomic E-state index is 11.8. The first-order valence-electron chi connectivity index (χ1n) is 9.28. The predicted molar refractivity (Wildman–Crippen MR) is 114 cm³/mol. The fraction of sp³-hybridized carbons (Fsp3) is 0.190. The van der Waals surface area contributed by atoms with E-state index in [-0.39, 0.29) is 6.42 Å². The lowest BCUT2D eigenvalue weighted by molar-refractivity contribution is -0.138. The van der Waals surface area contributed by atoms with Gasteiger partial charge in [-0.05, 0) is 42.7 Å². The molecule has 2 amide bonds. The van der Waals surface area contributed by atoms with Crippen LogP contribution in [0.15, 0.2) is 60.1 Å². The van der Waals surface area contributed by atoms with E-state index in [4.69, 9.17) is 5.73 Å². The number of carboxylic acids is 1. The molecule has 0 aliphatic carbocycles. The van der Waals surface area contributed by atoms with Gasteiger partial charge in [0.2, 0.25) is 0 Å². The van der Waals surface area contributed by atoms with Crippen molar-refractivity contribution < 1.29 is 14.7 Å². The fourth-order valence-electron chi connectivity index (χ4n) is 2.99. The number of carboxylic acid groups (broad SMARTS) is 1. The summed E-state index contributed by atoms with van der Waals surface area (Å²) in [5.41, 5.74) is 8.36. The molecule has 2 aromatic heterocycles. The number of imidazole rings is 1. The van der Waals surface area contributed by atoms with Gasteiger partial charge in [-0.2, -0.15) is 0 Å². The predicted octanol–water partition coefficient (Wildman–Crippen LogP) is 2.94. The number of aliphatic imine (C=N–C) groups is 1. The molecule has 0 spiro atoms. The lowest BCUT2D eigenvalue weighted by Gasteiger charge is -2.10. The number of carbonyl (C=O) groups is 2. The van der Waals surface area contributed by atoms with E-state index in [1.807, 2.05) is 18.2 Å². The quantitative estimate of drug-likeness (QED) is 0.516. The number of urea groups is 1. The molecule has 30 heavy (non-hydrogen) atoms. The van der Waals surface area contributed by atoms with E-state index in [0.717, 1.165) is 11.1 Å². The highest BCUT2D eigenvalue weighted by molar-refractivity contribution is 5.94. The molecule has 0 saturated carbocycles. The van der Waals surface area contributed by atoms with Crippen molar-refractivity contribution in [3.8, 4) is 0 Å². The Morgan fingerprint density at radius 2 is 2.10 bits per heavy atom. The van der Waals surface area contributed by atoms with Gasteiger partial charge in [-0.1, -0.05) is 18.2 Å². The van der Waals surface area contributed by atoms with Gasteiger partial charge in [-0.3, -0.25) is 4.79 Å². The molecule has 1 atom stereocenters. The Bertz CT molecular complexity index is 1060. The number of hydrogen-bond acceptors (Lipinski definition) is 5. The van der Waals surface area contributed by atoms with Crippen LogP contribution in [0.5, 0.6) is 0 Å². The van der Waals surface area contributed by atoms with Gasteiger partial charge in [0, 0.05) is 30.8 Å².